The molecule has 0 aromatic heterocycles. The summed E-state index contributed by atoms with van der Waals surface area (Å²) in [5.41, 5.74) is 0.475. The van der Waals surface area contributed by atoms with E-state index in [0.717, 1.165) is 12.8 Å². The average Bonchev–Trinajstić information content (AvgIpc) is 3.20. The first-order valence-electron chi connectivity index (χ1n) is 9.96. The smallest absolute Gasteiger partial charge is 0.254 e. The van der Waals surface area contributed by atoms with Crippen LogP contribution in [0.15, 0.2) is 12.1 Å². The standard InChI is InChI=1S/C21H26N2O6/c1-27-16-8-12(9-17(28-2)20(16)29-3)21(26)22-13-4-5-14(22)11-15(10-13)23-18(24)6-7-19(23)25/h8-9,13-15H,4-7,10-11H2,1-3H3. The number of hydrogen-bond acceptors (Lipinski definition) is 6. The number of ether oxygens (including phenoxy) is 3. The number of likely N-dealkylation sites (tertiary alicyclic amines) is 1. The molecule has 0 saturated carbocycles. The summed E-state index contributed by atoms with van der Waals surface area (Å²) in [5.74, 6) is 1.07. The summed E-state index contributed by atoms with van der Waals surface area (Å²) in [5, 5.41) is 0. The van der Waals surface area contributed by atoms with E-state index < -0.39 is 0 Å². The molecule has 4 rings (SSSR count). The fraction of sp³-hybridized carbons (Fsp3) is 0.571. The molecule has 3 fully saturated rings. The molecule has 3 saturated heterocycles. The number of amides is 3. The van der Waals surface area contributed by atoms with Gasteiger partial charge in [0.05, 0.1) is 21.3 Å². The predicted molar refractivity (Wildman–Crippen MR) is 103 cm³/mol. The lowest BCUT2D eigenvalue weighted by molar-refractivity contribution is -0.142. The molecule has 0 aliphatic carbocycles. The van der Waals surface area contributed by atoms with Gasteiger partial charge >= 0.3 is 0 Å². The Hall–Kier alpha value is -2.77. The van der Waals surface area contributed by atoms with Crippen LogP contribution in [-0.4, -0.2) is 67.0 Å². The number of carbonyl (C=O) groups is 3. The van der Waals surface area contributed by atoms with Gasteiger partial charge < -0.3 is 19.1 Å². The lowest BCUT2D eigenvalue weighted by Crippen LogP contribution is -2.53. The minimum absolute atomic E-state index is 0.0199. The Bertz CT molecular complexity index is 799. The van der Waals surface area contributed by atoms with Gasteiger partial charge in [-0.25, -0.2) is 0 Å². The molecule has 2 atom stereocenters. The molecule has 8 heteroatoms. The summed E-state index contributed by atoms with van der Waals surface area (Å²) in [4.78, 5) is 41.0. The van der Waals surface area contributed by atoms with E-state index in [1.54, 1.807) is 12.1 Å². The van der Waals surface area contributed by atoms with Gasteiger partial charge in [-0.05, 0) is 37.8 Å². The van der Waals surface area contributed by atoms with Crippen molar-refractivity contribution in [2.45, 2.75) is 56.7 Å². The second kappa shape index (κ2) is 7.57. The molecule has 3 aliphatic heterocycles. The Morgan fingerprint density at radius 3 is 1.83 bits per heavy atom. The zero-order valence-electron chi connectivity index (χ0n) is 17.0. The summed E-state index contributed by atoms with van der Waals surface area (Å²) in [6.07, 6.45) is 3.66. The lowest BCUT2D eigenvalue weighted by atomic mass is 9.95. The third kappa shape index (κ3) is 3.20. The molecule has 0 N–H and O–H groups in total. The maximum absolute atomic E-state index is 13.4. The summed E-state index contributed by atoms with van der Waals surface area (Å²) in [6, 6.07) is 3.28. The van der Waals surface area contributed by atoms with Crippen LogP contribution in [0.4, 0.5) is 0 Å². The number of piperidine rings is 1. The molecule has 156 valence electrons. The number of hydrogen-bond donors (Lipinski definition) is 0. The molecule has 2 unspecified atom stereocenters. The molecular weight excluding hydrogens is 376 g/mol. The van der Waals surface area contributed by atoms with E-state index in [1.165, 1.54) is 26.2 Å². The second-order valence-corrected chi connectivity index (χ2v) is 7.79. The summed E-state index contributed by atoms with van der Waals surface area (Å²) in [7, 11) is 4.56. The molecule has 0 spiro atoms. The van der Waals surface area contributed by atoms with Crippen molar-refractivity contribution in [2.75, 3.05) is 21.3 Å². The summed E-state index contributed by atoms with van der Waals surface area (Å²) in [6.45, 7) is 0. The van der Waals surface area contributed by atoms with Gasteiger partial charge in [-0.2, -0.15) is 0 Å². The molecule has 3 heterocycles. The van der Waals surface area contributed by atoms with Crippen molar-refractivity contribution in [1.29, 1.82) is 0 Å². The van der Waals surface area contributed by atoms with Crippen LogP contribution in [0.2, 0.25) is 0 Å². The molecular formula is C21H26N2O6. The van der Waals surface area contributed by atoms with Crippen LogP contribution in [0.5, 0.6) is 17.2 Å². The van der Waals surface area contributed by atoms with Crippen LogP contribution < -0.4 is 14.2 Å². The zero-order valence-corrected chi connectivity index (χ0v) is 17.0. The monoisotopic (exact) mass is 402 g/mol. The van der Waals surface area contributed by atoms with E-state index in [9.17, 15) is 14.4 Å². The van der Waals surface area contributed by atoms with Crippen molar-refractivity contribution >= 4 is 17.7 Å². The highest BCUT2D eigenvalue weighted by molar-refractivity contribution is 6.02. The quantitative estimate of drug-likeness (QED) is 0.701. The number of fused-ring (bicyclic) bond motifs is 2. The van der Waals surface area contributed by atoms with Gasteiger partial charge in [0.2, 0.25) is 17.6 Å². The average molecular weight is 402 g/mol. The van der Waals surface area contributed by atoms with E-state index in [-0.39, 0.29) is 35.8 Å². The molecule has 3 amide bonds. The highest BCUT2D eigenvalue weighted by atomic mass is 16.5. The Balaban J connectivity index is 1.58. The molecule has 8 nitrogen and oxygen atoms in total. The van der Waals surface area contributed by atoms with Gasteiger partial charge in [-0.1, -0.05) is 0 Å². The van der Waals surface area contributed by atoms with Gasteiger partial charge in [0.15, 0.2) is 11.5 Å². The first kappa shape index (κ1) is 19.5. The van der Waals surface area contributed by atoms with Crippen molar-refractivity contribution in [3.8, 4) is 17.2 Å². The Morgan fingerprint density at radius 1 is 0.862 bits per heavy atom. The zero-order chi connectivity index (χ0) is 20.7. The Kier molecular flexibility index (Phi) is 5.10. The highest BCUT2D eigenvalue weighted by Gasteiger charge is 2.48. The largest absolute Gasteiger partial charge is 0.493 e. The third-order valence-corrected chi connectivity index (χ3v) is 6.31. The fourth-order valence-electron chi connectivity index (χ4n) is 5.05. The van der Waals surface area contributed by atoms with Crippen LogP contribution in [-0.2, 0) is 9.59 Å². The van der Waals surface area contributed by atoms with E-state index >= 15 is 0 Å². The Labute approximate surface area is 169 Å². The topological polar surface area (TPSA) is 85.4 Å². The van der Waals surface area contributed by atoms with Crippen molar-refractivity contribution in [3.63, 3.8) is 0 Å². The van der Waals surface area contributed by atoms with Gasteiger partial charge in [0.1, 0.15) is 0 Å². The molecule has 29 heavy (non-hydrogen) atoms. The van der Waals surface area contributed by atoms with E-state index in [1.807, 2.05) is 4.90 Å². The van der Waals surface area contributed by atoms with Gasteiger partial charge in [0, 0.05) is 36.5 Å². The SMILES string of the molecule is COc1cc(C(=O)N2C3CCC2CC(N2C(=O)CCC2=O)C3)cc(OC)c1OC. The summed E-state index contributed by atoms with van der Waals surface area (Å²) >= 11 is 0. The summed E-state index contributed by atoms with van der Waals surface area (Å²) < 4.78 is 16.1. The minimum atomic E-state index is -0.0982. The number of benzene rings is 1. The third-order valence-electron chi connectivity index (χ3n) is 6.31. The maximum Gasteiger partial charge on any atom is 0.254 e. The maximum atomic E-state index is 13.4. The van der Waals surface area contributed by atoms with E-state index in [0.29, 0.717) is 48.5 Å². The fourth-order valence-corrected chi connectivity index (χ4v) is 5.05. The first-order chi connectivity index (χ1) is 14.0. The van der Waals surface area contributed by atoms with E-state index in [2.05, 4.69) is 0 Å². The van der Waals surface area contributed by atoms with Crippen molar-refractivity contribution < 1.29 is 28.6 Å². The normalized spacial score (nSPS) is 26.1. The van der Waals surface area contributed by atoms with Crippen molar-refractivity contribution in [3.05, 3.63) is 17.7 Å². The van der Waals surface area contributed by atoms with Crippen molar-refractivity contribution in [2.24, 2.45) is 0 Å². The minimum Gasteiger partial charge on any atom is -0.493 e. The Morgan fingerprint density at radius 2 is 1.38 bits per heavy atom. The number of nitrogens with zero attached hydrogens (tertiary/aromatic N) is 2. The number of rotatable bonds is 5. The number of carbonyl (C=O) groups excluding carboxylic acids is 3. The number of methoxy groups -OCH3 is 3. The second-order valence-electron chi connectivity index (χ2n) is 7.79. The van der Waals surface area contributed by atoms with Crippen LogP contribution in [0.1, 0.15) is 48.9 Å². The van der Waals surface area contributed by atoms with Gasteiger partial charge in [-0.15, -0.1) is 0 Å². The van der Waals surface area contributed by atoms with Crippen LogP contribution in [0, 0.1) is 0 Å². The predicted octanol–water partition coefficient (Wildman–Crippen LogP) is 2.00. The van der Waals surface area contributed by atoms with Gasteiger partial charge in [0.25, 0.3) is 5.91 Å². The van der Waals surface area contributed by atoms with Crippen LogP contribution in [0.25, 0.3) is 0 Å². The first-order valence-corrected chi connectivity index (χ1v) is 9.96. The molecule has 1 aromatic carbocycles. The van der Waals surface area contributed by atoms with Crippen LogP contribution in [0.3, 0.4) is 0 Å². The van der Waals surface area contributed by atoms with E-state index in [4.69, 9.17) is 14.2 Å². The van der Waals surface area contributed by atoms with Crippen LogP contribution >= 0.6 is 0 Å². The molecule has 0 radical (unpaired) electrons. The molecule has 3 aliphatic rings. The molecule has 1 aromatic rings. The van der Waals surface area contributed by atoms with Gasteiger partial charge in [-0.3, -0.25) is 19.3 Å². The lowest BCUT2D eigenvalue weighted by Gasteiger charge is -2.41. The molecule has 2 bridgehead atoms. The van der Waals surface area contributed by atoms with Crippen molar-refractivity contribution in [1.82, 2.24) is 9.80 Å². The number of imide groups is 1. The highest BCUT2D eigenvalue weighted by Crippen LogP contribution is 2.42.